The number of likely N-dealkylation sites (N-methyl/N-ethyl adjacent to an activating group) is 2. The van der Waals surface area contributed by atoms with Gasteiger partial charge in [0, 0.05) is 26.3 Å². The van der Waals surface area contributed by atoms with Crippen LogP contribution >= 0.6 is 0 Å². The minimum atomic E-state index is 0.0455. The van der Waals surface area contributed by atoms with E-state index in [1.165, 1.54) is 0 Å². The van der Waals surface area contributed by atoms with Crippen LogP contribution in [0.15, 0.2) is 18.2 Å². The molecule has 0 saturated heterocycles. The Kier molecular flexibility index (Phi) is 5.16. The third kappa shape index (κ3) is 3.47. The smallest absolute Gasteiger partial charge is 0.241 e. The maximum atomic E-state index is 11.8. The molecule has 0 aliphatic rings. The summed E-state index contributed by atoms with van der Waals surface area (Å²) in [6.45, 7) is 5.23. The van der Waals surface area contributed by atoms with Gasteiger partial charge in [-0.1, -0.05) is 12.1 Å². The Hall–Kier alpha value is -1.55. The number of hydrogen-bond donors (Lipinski definition) is 1. The van der Waals surface area contributed by atoms with E-state index in [0.717, 1.165) is 23.4 Å². The van der Waals surface area contributed by atoms with E-state index < -0.39 is 0 Å². The molecule has 0 bridgehead atoms. The molecule has 100 valence electrons. The van der Waals surface area contributed by atoms with Gasteiger partial charge in [0.2, 0.25) is 5.91 Å². The van der Waals surface area contributed by atoms with Crippen LogP contribution in [0.1, 0.15) is 18.1 Å². The van der Waals surface area contributed by atoms with Gasteiger partial charge in [-0.3, -0.25) is 4.79 Å². The van der Waals surface area contributed by atoms with E-state index in [9.17, 15) is 4.79 Å². The van der Waals surface area contributed by atoms with E-state index in [1.807, 2.05) is 36.9 Å². The zero-order chi connectivity index (χ0) is 13.7. The van der Waals surface area contributed by atoms with E-state index in [4.69, 9.17) is 5.11 Å². The molecule has 0 aromatic heterocycles. The molecule has 4 nitrogen and oxygen atoms in total. The number of aryl methyl sites for hydroxylation is 1. The maximum absolute atomic E-state index is 11.8. The van der Waals surface area contributed by atoms with E-state index in [2.05, 4.69) is 0 Å². The van der Waals surface area contributed by atoms with Crippen molar-refractivity contribution in [2.45, 2.75) is 20.5 Å². The van der Waals surface area contributed by atoms with Crippen molar-refractivity contribution in [3.8, 4) is 0 Å². The van der Waals surface area contributed by atoms with Gasteiger partial charge in [0.25, 0.3) is 0 Å². The number of amides is 1. The van der Waals surface area contributed by atoms with Gasteiger partial charge in [0.15, 0.2) is 0 Å². The van der Waals surface area contributed by atoms with E-state index >= 15 is 0 Å². The Morgan fingerprint density at radius 3 is 2.44 bits per heavy atom. The van der Waals surface area contributed by atoms with Crippen molar-refractivity contribution in [3.63, 3.8) is 0 Å². The molecule has 0 heterocycles. The lowest BCUT2D eigenvalue weighted by Crippen LogP contribution is -2.36. The number of aliphatic hydroxyl groups is 1. The van der Waals surface area contributed by atoms with Crippen LogP contribution < -0.4 is 4.90 Å². The molecule has 0 aliphatic heterocycles. The van der Waals surface area contributed by atoms with Gasteiger partial charge in [-0.05, 0) is 31.0 Å². The number of anilines is 1. The van der Waals surface area contributed by atoms with Crippen LogP contribution in [0.5, 0.6) is 0 Å². The van der Waals surface area contributed by atoms with Crippen LogP contribution in [-0.2, 0) is 11.4 Å². The summed E-state index contributed by atoms with van der Waals surface area (Å²) in [6, 6.07) is 5.82. The Labute approximate surface area is 109 Å². The van der Waals surface area contributed by atoms with Crippen LogP contribution in [-0.4, -0.2) is 43.1 Å². The molecule has 1 N–H and O–H groups in total. The minimum absolute atomic E-state index is 0.0455. The molecule has 0 aliphatic carbocycles. The zero-order valence-corrected chi connectivity index (χ0v) is 11.6. The fraction of sp³-hybridized carbons (Fsp3) is 0.500. The summed E-state index contributed by atoms with van der Waals surface area (Å²) in [5, 5.41) is 9.09. The van der Waals surface area contributed by atoms with Crippen molar-refractivity contribution in [1.29, 1.82) is 0 Å². The number of rotatable bonds is 5. The van der Waals surface area contributed by atoms with Crippen LogP contribution in [0, 0.1) is 6.92 Å². The van der Waals surface area contributed by atoms with Crippen molar-refractivity contribution in [2.24, 2.45) is 0 Å². The lowest BCUT2D eigenvalue weighted by atomic mass is 10.1. The zero-order valence-electron chi connectivity index (χ0n) is 11.6. The predicted octanol–water partition coefficient (Wildman–Crippen LogP) is 1.40. The molecule has 1 amide bonds. The van der Waals surface area contributed by atoms with Crippen molar-refractivity contribution >= 4 is 11.6 Å². The third-order valence-corrected chi connectivity index (χ3v) is 2.99. The Morgan fingerprint density at radius 2 is 2.00 bits per heavy atom. The van der Waals surface area contributed by atoms with E-state index in [0.29, 0.717) is 6.54 Å². The first-order valence-corrected chi connectivity index (χ1v) is 6.15. The van der Waals surface area contributed by atoms with E-state index in [1.54, 1.807) is 19.0 Å². The highest BCUT2D eigenvalue weighted by molar-refractivity contribution is 5.81. The number of aliphatic hydroxyl groups excluding tert-OH is 1. The second-order valence-corrected chi connectivity index (χ2v) is 4.58. The molecule has 0 fully saturated rings. The second-order valence-electron chi connectivity index (χ2n) is 4.58. The molecule has 0 unspecified atom stereocenters. The Balaban J connectivity index is 2.91. The van der Waals surface area contributed by atoms with Crippen molar-refractivity contribution in [2.75, 3.05) is 32.1 Å². The van der Waals surface area contributed by atoms with E-state index in [-0.39, 0.29) is 12.5 Å². The number of carbonyl (C=O) groups is 1. The summed E-state index contributed by atoms with van der Waals surface area (Å²) in [7, 11) is 3.52. The fourth-order valence-corrected chi connectivity index (χ4v) is 1.84. The molecule has 1 aromatic carbocycles. The summed E-state index contributed by atoms with van der Waals surface area (Å²) >= 11 is 0. The van der Waals surface area contributed by atoms with Gasteiger partial charge in [0.1, 0.15) is 0 Å². The van der Waals surface area contributed by atoms with Crippen LogP contribution in [0.4, 0.5) is 5.69 Å². The highest BCUT2D eigenvalue weighted by atomic mass is 16.3. The first-order chi connectivity index (χ1) is 8.49. The standard InChI is InChI=1S/C14H22N2O2/c1-5-16(9-14(18)15(3)4)13-7-6-12(10-17)8-11(13)2/h6-8,17H,5,9-10H2,1-4H3. The highest BCUT2D eigenvalue weighted by Crippen LogP contribution is 2.21. The first kappa shape index (κ1) is 14.5. The SMILES string of the molecule is CCN(CC(=O)N(C)C)c1ccc(CO)cc1C. The quantitative estimate of drug-likeness (QED) is 0.859. The van der Waals surface area contributed by atoms with Gasteiger partial charge in [0.05, 0.1) is 13.2 Å². The largest absolute Gasteiger partial charge is 0.392 e. The van der Waals surface area contributed by atoms with Gasteiger partial charge in [-0.2, -0.15) is 0 Å². The van der Waals surface area contributed by atoms with Gasteiger partial charge < -0.3 is 14.9 Å². The van der Waals surface area contributed by atoms with Crippen LogP contribution in [0.3, 0.4) is 0 Å². The fourth-order valence-electron chi connectivity index (χ4n) is 1.84. The van der Waals surface area contributed by atoms with Crippen molar-refractivity contribution in [3.05, 3.63) is 29.3 Å². The van der Waals surface area contributed by atoms with Gasteiger partial charge in [-0.25, -0.2) is 0 Å². The maximum Gasteiger partial charge on any atom is 0.241 e. The molecule has 0 atom stereocenters. The normalized spacial score (nSPS) is 10.3. The minimum Gasteiger partial charge on any atom is -0.392 e. The number of nitrogens with zero attached hydrogens (tertiary/aromatic N) is 2. The van der Waals surface area contributed by atoms with Crippen LogP contribution in [0.2, 0.25) is 0 Å². The summed E-state index contributed by atoms with van der Waals surface area (Å²) in [6.07, 6.45) is 0. The van der Waals surface area contributed by atoms with Gasteiger partial charge >= 0.3 is 0 Å². The Bertz CT molecular complexity index is 416. The number of benzene rings is 1. The number of hydrogen-bond acceptors (Lipinski definition) is 3. The molecule has 1 aromatic rings. The van der Waals surface area contributed by atoms with Crippen molar-refractivity contribution < 1.29 is 9.90 Å². The molecule has 4 heteroatoms. The van der Waals surface area contributed by atoms with Crippen molar-refractivity contribution in [1.82, 2.24) is 4.90 Å². The average molecular weight is 250 g/mol. The summed E-state index contributed by atoms with van der Waals surface area (Å²) in [4.78, 5) is 15.4. The molecule has 0 spiro atoms. The molecular weight excluding hydrogens is 228 g/mol. The highest BCUT2D eigenvalue weighted by Gasteiger charge is 2.13. The lowest BCUT2D eigenvalue weighted by molar-refractivity contribution is -0.127. The first-order valence-electron chi connectivity index (χ1n) is 6.15. The molecule has 1 rings (SSSR count). The summed E-state index contributed by atoms with van der Waals surface area (Å²) in [5.41, 5.74) is 3.02. The second kappa shape index (κ2) is 6.40. The van der Waals surface area contributed by atoms with Gasteiger partial charge in [-0.15, -0.1) is 0 Å². The number of carbonyl (C=O) groups excluding carboxylic acids is 1. The summed E-state index contributed by atoms with van der Waals surface area (Å²) < 4.78 is 0. The molecular formula is C14H22N2O2. The topological polar surface area (TPSA) is 43.8 Å². The Morgan fingerprint density at radius 1 is 1.33 bits per heavy atom. The predicted molar refractivity (Wildman–Crippen MR) is 73.7 cm³/mol. The molecule has 0 radical (unpaired) electrons. The third-order valence-electron chi connectivity index (χ3n) is 2.99. The molecule has 18 heavy (non-hydrogen) atoms. The molecule has 0 saturated carbocycles. The average Bonchev–Trinajstić information content (AvgIpc) is 2.35. The van der Waals surface area contributed by atoms with Crippen LogP contribution in [0.25, 0.3) is 0 Å². The monoisotopic (exact) mass is 250 g/mol. The summed E-state index contributed by atoms with van der Waals surface area (Å²) in [5.74, 6) is 0.0856. The lowest BCUT2D eigenvalue weighted by Gasteiger charge is -2.26.